The molecule has 0 spiro atoms. The molecule has 2 aromatic carbocycles. The van der Waals surface area contributed by atoms with Crippen LogP contribution in [0, 0.1) is 5.82 Å². The van der Waals surface area contributed by atoms with Gasteiger partial charge in [0.05, 0.1) is 5.69 Å². The lowest BCUT2D eigenvalue weighted by Crippen LogP contribution is -2.17. The molecule has 0 saturated carbocycles. The minimum absolute atomic E-state index is 0.260. The van der Waals surface area contributed by atoms with Crippen LogP contribution in [0.25, 0.3) is 0 Å². The lowest BCUT2D eigenvalue weighted by atomic mass is 10.1. The molecule has 0 atom stereocenters. The summed E-state index contributed by atoms with van der Waals surface area (Å²) >= 11 is 0. The molecule has 19 heavy (non-hydrogen) atoms. The number of benzene rings is 2. The van der Waals surface area contributed by atoms with Crippen molar-refractivity contribution in [3.8, 4) is 11.5 Å². The van der Waals surface area contributed by atoms with Crippen LogP contribution in [0.2, 0.25) is 0 Å². The Bertz CT molecular complexity index is 586. The van der Waals surface area contributed by atoms with Crippen LogP contribution < -0.4 is 14.8 Å². The molecule has 4 heteroatoms. The van der Waals surface area contributed by atoms with E-state index in [4.69, 9.17) is 9.47 Å². The Balaban J connectivity index is 1.79. The fraction of sp³-hybridized carbons (Fsp3) is 0.200. The van der Waals surface area contributed by atoms with Gasteiger partial charge in [0.15, 0.2) is 11.5 Å². The standard InChI is InChI=1S/C15H14FNO2/c16-12-5-1-2-6-13(12)17-10-11-4-3-7-14-15(11)19-9-8-18-14/h1-7,17H,8-10H2. The minimum Gasteiger partial charge on any atom is -0.486 e. The highest BCUT2D eigenvalue weighted by Gasteiger charge is 2.15. The van der Waals surface area contributed by atoms with Crippen molar-refractivity contribution in [1.29, 1.82) is 0 Å². The van der Waals surface area contributed by atoms with E-state index < -0.39 is 0 Å². The molecule has 2 aromatic rings. The van der Waals surface area contributed by atoms with Crippen molar-refractivity contribution in [1.82, 2.24) is 0 Å². The molecule has 1 N–H and O–H groups in total. The molecular formula is C15H14FNO2. The van der Waals surface area contributed by atoms with E-state index in [9.17, 15) is 4.39 Å². The molecule has 0 aliphatic carbocycles. The first-order chi connectivity index (χ1) is 9.34. The smallest absolute Gasteiger partial charge is 0.166 e. The van der Waals surface area contributed by atoms with Gasteiger partial charge in [-0.15, -0.1) is 0 Å². The van der Waals surface area contributed by atoms with E-state index in [0.717, 1.165) is 17.1 Å². The summed E-state index contributed by atoms with van der Waals surface area (Å²) in [5.74, 6) is 1.24. The van der Waals surface area contributed by atoms with Crippen molar-refractivity contribution in [3.63, 3.8) is 0 Å². The van der Waals surface area contributed by atoms with Crippen LogP contribution in [0.5, 0.6) is 11.5 Å². The molecule has 3 nitrogen and oxygen atoms in total. The molecule has 3 rings (SSSR count). The van der Waals surface area contributed by atoms with Gasteiger partial charge in [-0.2, -0.15) is 0 Å². The summed E-state index contributed by atoms with van der Waals surface area (Å²) in [6.07, 6.45) is 0. The van der Waals surface area contributed by atoms with Gasteiger partial charge in [-0.3, -0.25) is 0 Å². The van der Waals surface area contributed by atoms with Crippen molar-refractivity contribution in [2.45, 2.75) is 6.54 Å². The van der Waals surface area contributed by atoms with Crippen LogP contribution in [0.15, 0.2) is 42.5 Å². The average Bonchev–Trinajstić information content (AvgIpc) is 2.46. The second-order valence-electron chi connectivity index (χ2n) is 4.27. The Hall–Kier alpha value is -2.23. The first-order valence-corrected chi connectivity index (χ1v) is 6.20. The van der Waals surface area contributed by atoms with Crippen LogP contribution in [0.4, 0.5) is 10.1 Å². The van der Waals surface area contributed by atoms with Crippen LogP contribution >= 0.6 is 0 Å². The Labute approximate surface area is 111 Å². The van der Waals surface area contributed by atoms with E-state index in [0.29, 0.717) is 25.4 Å². The predicted octanol–water partition coefficient (Wildman–Crippen LogP) is 3.21. The molecule has 0 saturated heterocycles. The molecule has 0 unspecified atom stereocenters. The van der Waals surface area contributed by atoms with Gasteiger partial charge in [-0.1, -0.05) is 24.3 Å². The van der Waals surface area contributed by atoms with Crippen LogP contribution in [0.1, 0.15) is 5.56 Å². The number of para-hydroxylation sites is 2. The Morgan fingerprint density at radius 1 is 1.00 bits per heavy atom. The number of ether oxygens (including phenoxy) is 2. The first kappa shape index (κ1) is 11.8. The summed E-state index contributed by atoms with van der Waals surface area (Å²) in [4.78, 5) is 0. The van der Waals surface area contributed by atoms with Crippen molar-refractivity contribution >= 4 is 5.69 Å². The molecule has 1 aliphatic heterocycles. The quantitative estimate of drug-likeness (QED) is 0.918. The molecular weight excluding hydrogens is 245 g/mol. The Morgan fingerprint density at radius 2 is 1.84 bits per heavy atom. The van der Waals surface area contributed by atoms with Crippen LogP contribution in [0.3, 0.4) is 0 Å². The van der Waals surface area contributed by atoms with E-state index in [1.165, 1.54) is 6.07 Å². The third-order valence-corrected chi connectivity index (χ3v) is 2.99. The number of fused-ring (bicyclic) bond motifs is 1. The molecule has 0 amide bonds. The molecule has 1 heterocycles. The highest BCUT2D eigenvalue weighted by molar-refractivity contribution is 5.51. The Morgan fingerprint density at radius 3 is 2.74 bits per heavy atom. The predicted molar refractivity (Wildman–Crippen MR) is 71.2 cm³/mol. The van der Waals surface area contributed by atoms with Gasteiger partial charge in [0, 0.05) is 12.1 Å². The summed E-state index contributed by atoms with van der Waals surface area (Å²) in [6, 6.07) is 12.3. The number of rotatable bonds is 3. The number of halogens is 1. The molecule has 0 fully saturated rings. The monoisotopic (exact) mass is 259 g/mol. The SMILES string of the molecule is Fc1ccccc1NCc1cccc2c1OCCO2. The summed E-state index contributed by atoms with van der Waals surface area (Å²) in [6.45, 7) is 1.61. The molecule has 1 aliphatic rings. The number of hydrogen-bond acceptors (Lipinski definition) is 3. The van der Waals surface area contributed by atoms with Gasteiger partial charge < -0.3 is 14.8 Å². The fourth-order valence-corrected chi connectivity index (χ4v) is 2.07. The zero-order valence-corrected chi connectivity index (χ0v) is 10.4. The topological polar surface area (TPSA) is 30.5 Å². The maximum Gasteiger partial charge on any atom is 0.166 e. The summed E-state index contributed by atoms with van der Waals surface area (Å²) < 4.78 is 24.6. The normalized spacial score (nSPS) is 13.1. The lowest BCUT2D eigenvalue weighted by Gasteiger charge is -2.21. The Kier molecular flexibility index (Phi) is 3.23. The van der Waals surface area contributed by atoms with Crippen molar-refractivity contribution in [2.75, 3.05) is 18.5 Å². The van der Waals surface area contributed by atoms with Gasteiger partial charge in [-0.25, -0.2) is 4.39 Å². The zero-order chi connectivity index (χ0) is 13.1. The van der Waals surface area contributed by atoms with E-state index >= 15 is 0 Å². The second kappa shape index (κ2) is 5.18. The van der Waals surface area contributed by atoms with Crippen LogP contribution in [-0.4, -0.2) is 13.2 Å². The average molecular weight is 259 g/mol. The van der Waals surface area contributed by atoms with Gasteiger partial charge in [0.25, 0.3) is 0 Å². The molecule has 98 valence electrons. The summed E-state index contributed by atoms with van der Waals surface area (Å²) in [5.41, 5.74) is 1.44. The van der Waals surface area contributed by atoms with Gasteiger partial charge in [0.2, 0.25) is 0 Å². The van der Waals surface area contributed by atoms with E-state index in [1.807, 2.05) is 18.2 Å². The van der Waals surface area contributed by atoms with Gasteiger partial charge in [-0.05, 0) is 18.2 Å². The van der Waals surface area contributed by atoms with Crippen molar-refractivity contribution in [2.24, 2.45) is 0 Å². The fourth-order valence-electron chi connectivity index (χ4n) is 2.07. The maximum atomic E-state index is 13.5. The third-order valence-electron chi connectivity index (χ3n) is 2.99. The first-order valence-electron chi connectivity index (χ1n) is 6.20. The number of hydrogen-bond donors (Lipinski definition) is 1. The van der Waals surface area contributed by atoms with E-state index in [-0.39, 0.29) is 5.82 Å². The van der Waals surface area contributed by atoms with Crippen molar-refractivity contribution in [3.05, 3.63) is 53.8 Å². The maximum absolute atomic E-state index is 13.5. The van der Waals surface area contributed by atoms with Gasteiger partial charge in [0.1, 0.15) is 19.0 Å². The third kappa shape index (κ3) is 2.47. The zero-order valence-electron chi connectivity index (χ0n) is 10.4. The number of nitrogens with one attached hydrogen (secondary N) is 1. The number of anilines is 1. The molecule has 0 aromatic heterocycles. The van der Waals surface area contributed by atoms with E-state index in [2.05, 4.69) is 5.32 Å². The highest BCUT2D eigenvalue weighted by atomic mass is 19.1. The summed E-state index contributed by atoms with van der Waals surface area (Å²) in [5, 5.41) is 3.07. The van der Waals surface area contributed by atoms with Crippen LogP contribution in [-0.2, 0) is 6.54 Å². The highest BCUT2D eigenvalue weighted by Crippen LogP contribution is 2.34. The van der Waals surface area contributed by atoms with Crippen molar-refractivity contribution < 1.29 is 13.9 Å². The van der Waals surface area contributed by atoms with E-state index in [1.54, 1.807) is 18.2 Å². The molecule has 0 bridgehead atoms. The lowest BCUT2D eigenvalue weighted by molar-refractivity contribution is 0.170. The molecule has 0 radical (unpaired) electrons. The minimum atomic E-state index is -0.260. The largest absolute Gasteiger partial charge is 0.486 e. The van der Waals surface area contributed by atoms with Gasteiger partial charge >= 0.3 is 0 Å². The second-order valence-corrected chi connectivity index (χ2v) is 4.27. The summed E-state index contributed by atoms with van der Waals surface area (Å²) in [7, 11) is 0.